The van der Waals surface area contributed by atoms with Crippen molar-refractivity contribution in [2.75, 3.05) is 19.0 Å². The van der Waals surface area contributed by atoms with Crippen LogP contribution in [-0.2, 0) is 4.79 Å². The molecular formula is C23H23N3O2. The number of carbonyl (C=O) groups excluding carboxylic acids is 1. The van der Waals surface area contributed by atoms with Gasteiger partial charge < -0.3 is 10.1 Å². The smallest absolute Gasteiger partial charge is 0.259 e. The van der Waals surface area contributed by atoms with Gasteiger partial charge >= 0.3 is 0 Å². The monoisotopic (exact) mass is 373 g/mol. The zero-order valence-electron chi connectivity index (χ0n) is 16.0. The maximum atomic E-state index is 12.0. The zero-order chi connectivity index (χ0) is 19.8. The van der Waals surface area contributed by atoms with Crippen LogP contribution in [0.1, 0.15) is 12.5 Å². The van der Waals surface area contributed by atoms with Crippen LogP contribution in [0.15, 0.2) is 84.0 Å². The Morgan fingerprint density at radius 2 is 1.54 bits per heavy atom. The Hall–Kier alpha value is -3.60. The highest BCUT2D eigenvalue weighted by atomic mass is 16.5. The molecule has 0 unspecified atom stereocenters. The lowest BCUT2D eigenvalue weighted by molar-refractivity contribution is -0.119. The molecule has 0 heterocycles. The summed E-state index contributed by atoms with van der Waals surface area (Å²) < 4.78 is 5.11. The fourth-order valence-corrected chi connectivity index (χ4v) is 2.68. The number of methoxy groups -OCH3 is 1. The van der Waals surface area contributed by atoms with E-state index in [-0.39, 0.29) is 12.5 Å². The van der Waals surface area contributed by atoms with E-state index in [1.807, 2.05) is 61.5 Å². The normalized spacial score (nSPS) is 11.0. The van der Waals surface area contributed by atoms with Crippen LogP contribution >= 0.6 is 0 Å². The van der Waals surface area contributed by atoms with E-state index in [9.17, 15) is 4.79 Å². The van der Waals surface area contributed by atoms with Gasteiger partial charge in [0.1, 0.15) is 5.75 Å². The average Bonchev–Trinajstić information content (AvgIpc) is 2.77. The Morgan fingerprint density at radius 3 is 2.18 bits per heavy atom. The molecule has 0 aromatic heterocycles. The molecule has 0 saturated heterocycles. The largest absolute Gasteiger partial charge is 0.497 e. The molecule has 2 N–H and O–H groups in total. The first-order valence-electron chi connectivity index (χ1n) is 9.02. The molecule has 0 aliphatic heterocycles. The second-order valence-electron chi connectivity index (χ2n) is 6.26. The molecule has 5 heteroatoms. The minimum Gasteiger partial charge on any atom is -0.497 e. The Balaban J connectivity index is 1.53. The van der Waals surface area contributed by atoms with Crippen LogP contribution in [0.4, 0.5) is 5.69 Å². The Labute approximate surface area is 165 Å². The summed E-state index contributed by atoms with van der Waals surface area (Å²) in [6.45, 7) is 2.00. The van der Waals surface area contributed by atoms with Crippen molar-refractivity contribution in [1.82, 2.24) is 5.43 Å². The highest BCUT2D eigenvalue weighted by molar-refractivity contribution is 5.99. The van der Waals surface area contributed by atoms with Crippen LogP contribution in [0.3, 0.4) is 0 Å². The second-order valence-corrected chi connectivity index (χ2v) is 6.26. The van der Waals surface area contributed by atoms with Crippen molar-refractivity contribution in [2.45, 2.75) is 6.92 Å². The number of benzene rings is 3. The molecule has 3 aromatic carbocycles. The van der Waals surface area contributed by atoms with Crippen molar-refractivity contribution in [3.8, 4) is 16.9 Å². The Bertz CT molecular complexity index is 934. The summed E-state index contributed by atoms with van der Waals surface area (Å²) in [5, 5.41) is 7.24. The summed E-state index contributed by atoms with van der Waals surface area (Å²) in [5.74, 6) is 0.560. The number of rotatable bonds is 7. The molecule has 0 aliphatic carbocycles. The van der Waals surface area contributed by atoms with Crippen LogP contribution in [0.5, 0.6) is 5.75 Å². The minimum absolute atomic E-state index is 0.135. The Kier molecular flexibility index (Phi) is 6.41. The van der Waals surface area contributed by atoms with Gasteiger partial charge in [-0.2, -0.15) is 5.10 Å². The minimum atomic E-state index is -0.212. The first kappa shape index (κ1) is 19.2. The van der Waals surface area contributed by atoms with Crippen LogP contribution in [0.2, 0.25) is 0 Å². The van der Waals surface area contributed by atoms with E-state index in [2.05, 4.69) is 40.1 Å². The molecule has 0 aliphatic rings. The van der Waals surface area contributed by atoms with Crippen molar-refractivity contribution in [3.63, 3.8) is 0 Å². The molecule has 5 nitrogen and oxygen atoms in total. The maximum Gasteiger partial charge on any atom is 0.259 e. The van der Waals surface area contributed by atoms with Crippen molar-refractivity contribution < 1.29 is 9.53 Å². The summed E-state index contributed by atoms with van der Waals surface area (Å²) in [5.41, 5.74) is 7.44. The molecule has 142 valence electrons. The topological polar surface area (TPSA) is 62.7 Å². The average molecular weight is 373 g/mol. The molecule has 3 aromatic rings. The third kappa shape index (κ3) is 5.20. The number of hydrogen-bond donors (Lipinski definition) is 2. The van der Waals surface area contributed by atoms with Gasteiger partial charge in [-0.1, -0.05) is 54.6 Å². The van der Waals surface area contributed by atoms with Gasteiger partial charge in [0.15, 0.2) is 0 Å². The first-order chi connectivity index (χ1) is 13.7. The van der Waals surface area contributed by atoms with Gasteiger partial charge in [-0.05, 0) is 47.9 Å². The van der Waals surface area contributed by atoms with E-state index < -0.39 is 0 Å². The summed E-state index contributed by atoms with van der Waals surface area (Å²) >= 11 is 0. The SMILES string of the molecule is COc1ccc(NCC(=O)N/N=C(\C)c2ccc(-c3ccccc3)cc2)cc1. The summed E-state index contributed by atoms with van der Waals surface area (Å²) in [4.78, 5) is 12.0. The quantitative estimate of drug-likeness (QED) is 0.479. The molecule has 28 heavy (non-hydrogen) atoms. The van der Waals surface area contributed by atoms with E-state index >= 15 is 0 Å². The van der Waals surface area contributed by atoms with Crippen LogP contribution < -0.4 is 15.5 Å². The number of amides is 1. The molecule has 3 rings (SSSR count). The lowest BCUT2D eigenvalue weighted by atomic mass is 10.0. The highest BCUT2D eigenvalue weighted by Gasteiger charge is 2.03. The number of ether oxygens (including phenoxy) is 1. The van der Waals surface area contributed by atoms with Gasteiger partial charge in [0.2, 0.25) is 0 Å². The molecule has 1 amide bonds. The first-order valence-corrected chi connectivity index (χ1v) is 9.02. The predicted octanol–water partition coefficient (Wildman–Crippen LogP) is 4.31. The van der Waals surface area contributed by atoms with Gasteiger partial charge in [-0.3, -0.25) is 4.79 Å². The fraction of sp³-hybridized carbons (Fsp3) is 0.130. The standard InChI is InChI=1S/C23H23N3O2/c1-17(18-8-10-20(11-9-18)19-6-4-3-5-7-19)25-26-23(27)16-24-21-12-14-22(28-2)15-13-21/h3-15,24H,16H2,1-2H3,(H,26,27)/b25-17+. The van der Waals surface area contributed by atoms with Crippen LogP contribution in [0.25, 0.3) is 11.1 Å². The summed E-state index contributed by atoms with van der Waals surface area (Å²) in [6.07, 6.45) is 0. The molecule has 0 bridgehead atoms. The second kappa shape index (κ2) is 9.37. The van der Waals surface area contributed by atoms with E-state index in [1.54, 1.807) is 7.11 Å². The number of hydrazone groups is 1. The highest BCUT2D eigenvalue weighted by Crippen LogP contribution is 2.19. The van der Waals surface area contributed by atoms with Crippen molar-refractivity contribution in [2.24, 2.45) is 5.10 Å². The number of nitrogens with zero attached hydrogens (tertiary/aromatic N) is 1. The fourth-order valence-electron chi connectivity index (χ4n) is 2.68. The maximum absolute atomic E-state index is 12.0. The molecule has 0 fully saturated rings. The molecular weight excluding hydrogens is 350 g/mol. The lowest BCUT2D eigenvalue weighted by Gasteiger charge is -2.07. The number of carbonyl (C=O) groups is 1. The van der Waals surface area contributed by atoms with Crippen LogP contribution in [-0.4, -0.2) is 25.3 Å². The number of hydrogen-bond acceptors (Lipinski definition) is 4. The van der Waals surface area contributed by atoms with Crippen molar-refractivity contribution >= 4 is 17.3 Å². The summed E-state index contributed by atoms with van der Waals surface area (Å²) in [6, 6.07) is 25.7. The lowest BCUT2D eigenvalue weighted by Crippen LogP contribution is -2.26. The van der Waals surface area contributed by atoms with E-state index in [0.29, 0.717) is 0 Å². The molecule has 0 spiro atoms. The predicted molar refractivity (Wildman–Crippen MR) is 114 cm³/mol. The van der Waals surface area contributed by atoms with E-state index in [4.69, 9.17) is 4.74 Å². The third-order valence-electron chi connectivity index (χ3n) is 4.30. The number of nitrogens with one attached hydrogen (secondary N) is 2. The van der Waals surface area contributed by atoms with Gasteiger partial charge in [0, 0.05) is 5.69 Å². The van der Waals surface area contributed by atoms with E-state index in [1.165, 1.54) is 5.56 Å². The van der Waals surface area contributed by atoms with Gasteiger partial charge in [-0.15, -0.1) is 0 Å². The zero-order valence-corrected chi connectivity index (χ0v) is 16.0. The van der Waals surface area contributed by atoms with Crippen LogP contribution in [0, 0.1) is 0 Å². The summed E-state index contributed by atoms with van der Waals surface area (Å²) in [7, 11) is 1.62. The van der Waals surface area contributed by atoms with E-state index in [0.717, 1.165) is 28.3 Å². The number of anilines is 1. The van der Waals surface area contributed by atoms with Gasteiger partial charge in [0.25, 0.3) is 5.91 Å². The van der Waals surface area contributed by atoms with Crippen molar-refractivity contribution in [1.29, 1.82) is 0 Å². The third-order valence-corrected chi connectivity index (χ3v) is 4.30. The molecule has 0 radical (unpaired) electrons. The van der Waals surface area contributed by atoms with Gasteiger partial charge in [0.05, 0.1) is 19.4 Å². The Morgan fingerprint density at radius 1 is 0.893 bits per heavy atom. The molecule has 0 atom stereocenters. The van der Waals surface area contributed by atoms with Gasteiger partial charge in [-0.25, -0.2) is 5.43 Å². The molecule has 0 saturated carbocycles. The van der Waals surface area contributed by atoms with Crippen molar-refractivity contribution in [3.05, 3.63) is 84.4 Å².